The minimum atomic E-state index is -0.449. The maximum absolute atomic E-state index is 12.2. The molecule has 4 heteroatoms. The molecule has 0 fully saturated rings. The quantitative estimate of drug-likeness (QED) is 0.475. The van der Waals surface area contributed by atoms with Gasteiger partial charge >= 0.3 is 5.97 Å². The lowest BCUT2D eigenvalue weighted by Crippen LogP contribution is -2.05. The van der Waals surface area contributed by atoms with Crippen LogP contribution in [0, 0.1) is 6.92 Å². The summed E-state index contributed by atoms with van der Waals surface area (Å²) in [5.41, 5.74) is 3.14. The van der Waals surface area contributed by atoms with Gasteiger partial charge in [0.15, 0.2) is 5.70 Å². The molecule has 3 aromatic carbocycles. The molecule has 3 aromatic rings. The van der Waals surface area contributed by atoms with Crippen molar-refractivity contribution < 1.29 is 9.53 Å². The molecule has 0 amide bonds. The van der Waals surface area contributed by atoms with Gasteiger partial charge in [-0.3, -0.25) is 0 Å². The third-order valence-corrected chi connectivity index (χ3v) is 4.43. The number of carbonyl (C=O) groups is 1. The monoisotopic (exact) mass is 347 g/mol. The van der Waals surface area contributed by atoms with E-state index in [1.165, 1.54) is 5.56 Å². The first-order valence-electron chi connectivity index (χ1n) is 7.89. The van der Waals surface area contributed by atoms with Gasteiger partial charge in [0, 0.05) is 10.6 Å². The Bertz CT molecular complexity index is 1050. The van der Waals surface area contributed by atoms with Crippen molar-refractivity contribution in [3.63, 3.8) is 0 Å². The van der Waals surface area contributed by atoms with Crippen LogP contribution >= 0.6 is 11.6 Å². The smallest absolute Gasteiger partial charge is 0.363 e. The number of aryl methyl sites for hydroxylation is 1. The third kappa shape index (κ3) is 2.94. The zero-order chi connectivity index (χ0) is 17.4. The van der Waals surface area contributed by atoms with Crippen LogP contribution in [-0.2, 0) is 9.53 Å². The fourth-order valence-electron chi connectivity index (χ4n) is 2.87. The van der Waals surface area contributed by atoms with E-state index in [0.29, 0.717) is 16.6 Å². The normalized spacial score (nSPS) is 15.5. The number of hydrogen-bond donors (Lipinski definition) is 0. The first kappa shape index (κ1) is 15.6. The van der Waals surface area contributed by atoms with Crippen LogP contribution in [0.4, 0.5) is 0 Å². The van der Waals surface area contributed by atoms with E-state index in [-0.39, 0.29) is 0 Å². The summed E-state index contributed by atoms with van der Waals surface area (Å²) < 4.78 is 5.31. The van der Waals surface area contributed by atoms with Crippen molar-refractivity contribution in [3.05, 3.63) is 88.1 Å². The Morgan fingerprint density at radius 1 is 0.960 bits per heavy atom. The Hall–Kier alpha value is -2.91. The Kier molecular flexibility index (Phi) is 3.86. The second kappa shape index (κ2) is 6.19. The second-order valence-electron chi connectivity index (χ2n) is 5.86. The van der Waals surface area contributed by atoms with Gasteiger partial charge in [0.2, 0.25) is 5.90 Å². The van der Waals surface area contributed by atoms with Crippen LogP contribution in [0.3, 0.4) is 0 Å². The maximum Gasteiger partial charge on any atom is 0.363 e. The van der Waals surface area contributed by atoms with Crippen LogP contribution < -0.4 is 0 Å². The summed E-state index contributed by atoms with van der Waals surface area (Å²) in [6.45, 7) is 2.07. The molecule has 1 heterocycles. The van der Waals surface area contributed by atoms with Gasteiger partial charge in [0.1, 0.15) is 0 Å². The van der Waals surface area contributed by atoms with E-state index < -0.39 is 5.97 Å². The van der Waals surface area contributed by atoms with Crippen molar-refractivity contribution in [2.75, 3.05) is 0 Å². The molecule has 0 aromatic heterocycles. The highest BCUT2D eigenvalue weighted by Crippen LogP contribution is 2.26. The Balaban J connectivity index is 1.78. The number of rotatable bonds is 2. The van der Waals surface area contributed by atoms with Crippen LogP contribution in [0.5, 0.6) is 0 Å². The SMILES string of the molecule is Cc1ccc(/C=C2\N=C(c3ccc(Cl)cc3)OC2=O)c2ccccc12. The van der Waals surface area contributed by atoms with Gasteiger partial charge in [0.25, 0.3) is 0 Å². The number of halogens is 1. The van der Waals surface area contributed by atoms with Crippen molar-refractivity contribution >= 4 is 40.3 Å². The maximum atomic E-state index is 12.2. The Morgan fingerprint density at radius 2 is 1.68 bits per heavy atom. The van der Waals surface area contributed by atoms with E-state index in [4.69, 9.17) is 16.3 Å². The molecule has 3 nitrogen and oxygen atoms in total. The molecule has 25 heavy (non-hydrogen) atoms. The van der Waals surface area contributed by atoms with E-state index in [1.54, 1.807) is 30.3 Å². The number of cyclic esters (lactones) is 1. The Labute approximate surface area is 150 Å². The van der Waals surface area contributed by atoms with Gasteiger partial charge < -0.3 is 4.74 Å². The molecular weight excluding hydrogens is 334 g/mol. The molecule has 0 N–H and O–H groups in total. The predicted octanol–water partition coefficient (Wildman–Crippen LogP) is 5.15. The largest absolute Gasteiger partial charge is 0.402 e. The van der Waals surface area contributed by atoms with Crippen LogP contribution in [-0.4, -0.2) is 11.9 Å². The number of ether oxygens (including phenoxy) is 1. The lowest BCUT2D eigenvalue weighted by molar-refractivity contribution is -0.129. The number of benzene rings is 3. The highest BCUT2D eigenvalue weighted by molar-refractivity contribution is 6.30. The number of hydrogen-bond acceptors (Lipinski definition) is 3. The standard InChI is InChI=1S/C21H14ClNO2/c1-13-6-7-15(18-5-3-2-4-17(13)18)12-19-21(24)25-20(23-19)14-8-10-16(22)11-9-14/h2-12H,1H3/b19-12-. The van der Waals surface area contributed by atoms with Gasteiger partial charge in [0.05, 0.1) is 0 Å². The van der Waals surface area contributed by atoms with Gasteiger partial charge in [-0.2, -0.15) is 0 Å². The predicted molar refractivity (Wildman–Crippen MR) is 101 cm³/mol. The average Bonchev–Trinajstić information content (AvgIpc) is 2.99. The number of carbonyl (C=O) groups excluding carboxylic acids is 1. The number of nitrogens with zero attached hydrogens (tertiary/aromatic N) is 1. The fourth-order valence-corrected chi connectivity index (χ4v) is 3.00. The molecule has 1 aliphatic heterocycles. The molecule has 1 aliphatic rings. The summed E-state index contributed by atoms with van der Waals surface area (Å²) in [4.78, 5) is 16.6. The summed E-state index contributed by atoms with van der Waals surface area (Å²) in [5.74, 6) is -0.154. The van der Waals surface area contributed by atoms with Gasteiger partial charge in [-0.1, -0.05) is 48.0 Å². The van der Waals surface area contributed by atoms with Crippen molar-refractivity contribution in [1.29, 1.82) is 0 Å². The highest BCUT2D eigenvalue weighted by Gasteiger charge is 2.24. The molecule has 0 atom stereocenters. The molecule has 4 rings (SSSR count). The first-order chi connectivity index (χ1) is 12.1. The highest BCUT2D eigenvalue weighted by atomic mass is 35.5. The van der Waals surface area contributed by atoms with Crippen molar-refractivity contribution in [2.24, 2.45) is 4.99 Å². The minimum absolute atomic E-state index is 0.291. The van der Waals surface area contributed by atoms with Crippen LogP contribution in [0.15, 0.2) is 71.4 Å². The van der Waals surface area contributed by atoms with E-state index in [9.17, 15) is 4.79 Å². The second-order valence-corrected chi connectivity index (χ2v) is 6.30. The molecule has 0 spiro atoms. The zero-order valence-corrected chi connectivity index (χ0v) is 14.2. The van der Waals surface area contributed by atoms with Crippen LogP contribution in [0.1, 0.15) is 16.7 Å². The first-order valence-corrected chi connectivity index (χ1v) is 8.26. The average molecular weight is 348 g/mol. The summed E-state index contributed by atoms with van der Waals surface area (Å²) in [6, 6.07) is 19.2. The molecule has 0 radical (unpaired) electrons. The van der Waals surface area contributed by atoms with Crippen molar-refractivity contribution in [3.8, 4) is 0 Å². The molecule has 0 bridgehead atoms. The van der Waals surface area contributed by atoms with Gasteiger partial charge in [-0.15, -0.1) is 0 Å². The number of fused-ring (bicyclic) bond motifs is 1. The molecule has 0 unspecified atom stereocenters. The topological polar surface area (TPSA) is 38.7 Å². The molecule has 0 aliphatic carbocycles. The van der Waals surface area contributed by atoms with E-state index >= 15 is 0 Å². The van der Waals surface area contributed by atoms with Crippen molar-refractivity contribution in [2.45, 2.75) is 6.92 Å². The fraction of sp³-hybridized carbons (Fsp3) is 0.0476. The van der Waals surface area contributed by atoms with Crippen molar-refractivity contribution in [1.82, 2.24) is 0 Å². The van der Waals surface area contributed by atoms with Gasteiger partial charge in [-0.05, 0) is 59.2 Å². The summed E-state index contributed by atoms with van der Waals surface area (Å²) in [7, 11) is 0. The van der Waals surface area contributed by atoms with E-state index in [1.807, 2.05) is 30.3 Å². The molecule has 0 saturated heterocycles. The lowest BCUT2D eigenvalue weighted by Gasteiger charge is -2.05. The number of esters is 1. The van der Waals surface area contributed by atoms with E-state index in [2.05, 4.69) is 18.0 Å². The van der Waals surface area contributed by atoms with E-state index in [0.717, 1.165) is 21.9 Å². The van der Waals surface area contributed by atoms with Crippen LogP contribution in [0.2, 0.25) is 5.02 Å². The van der Waals surface area contributed by atoms with Gasteiger partial charge in [-0.25, -0.2) is 9.79 Å². The zero-order valence-electron chi connectivity index (χ0n) is 13.5. The molecule has 0 saturated carbocycles. The summed E-state index contributed by atoms with van der Waals surface area (Å²) in [6.07, 6.45) is 1.77. The summed E-state index contributed by atoms with van der Waals surface area (Å²) in [5, 5.41) is 2.86. The number of aliphatic imine (C=N–C) groups is 1. The summed E-state index contributed by atoms with van der Waals surface area (Å²) >= 11 is 5.89. The molecular formula is C21H14ClNO2. The molecule has 122 valence electrons. The minimum Gasteiger partial charge on any atom is -0.402 e. The lowest BCUT2D eigenvalue weighted by atomic mass is 10.00. The Morgan fingerprint density at radius 3 is 2.44 bits per heavy atom. The van der Waals surface area contributed by atoms with Crippen LogP contribution in [0.25, 0.3) is 16.8 Å². The third-order valence-electron chi connectivity index (χ3n) is 4.18.